The number of likely N-dealkylation sites (N-methyl/N-ethyl adjacent to an activating group) is 1. The fourth-order valence-corrected chi connectivity index (χ4v) is 6.25. The van der Waals surface area contributed by atoms with Crippen molar-refractivity contribution in [2.75, 3.05) is 40.4 Å². The summed E-state index contributed by atoms with van der Waals surface area (Å²) in [6, 6.07) is 5.76. The molecule has 0 spiro atoms. The number of nitrogens with zero attached hydrogens (tertiary/aromatic N) is 1. The van der Waals surface area contributed by atoms with Crippen LogP contribution in [0.25, 0.3) is 0 Å². The highest BCUT2D eigenvalue weighted by atomic mass is 19.1. The highest BCUT2D eigenvalue weighted by Crippen LogP contribution is 2.42. The predicted molar refractivity (Wildman–Crippen MR) is 134 cm³/mol. The molecule has 34 heavy (non-hydrogen) atoms. The molecule has 1 heterocycles. The first kappa shape index (κ1) is 27.5. The number of halogens is 2. The van der Waals surface area contributed by atoms with E-state index in [9.17, 15) is 9.50 Å². The Morgan fingerprint density at radius 1 is 1.21 bits per heavy atom. The van der Waals surface area contributed by atoms with Gasteiger partial charge in [-0.05, 0) is 96.2 Å². The predicted octanol–water partition coefficient (Wildman–Crippen LogP) is 5.36. The number of nitrogens with one attached hydrogen (secondary N) is 1. The Balaban J connectivity index is 1.78. The van der Waals surface area contributed by atoms with Crippen molar-refractivity contribution in [1.29, 1.82) is 0 Å². The molecule has 0 amide bonds. The zero-order valence-corrected chi connectivity index (χ0v) is 21.5. The third-order valence-corrected chi connectivity index (χ3v) is 8.28. The molecule has 4 nitrogen and oxygen atoms in total. The fourth-order valence-electron chi connectivity index (χ4n) is 6.25. The van der Waals surface area contributed by atoms with Gasteiger partial charge in [0.25, 0.3) is 0 Å². The summed E-state index contributed by atoms with van der Waals surface area (Å²) in [5.41, 5.74) is -0.167. The second-order valence-corrected chi connectivity index (χ2v) is 10.7. The molecule has 1 saturated carbocycles. The Bertz CT molecular complexity index is 741. The standard InChI is InChI=1S/C28H46F2N2O2/c1-21-8-6-10-26(27(21)30)28(33,15-4-5-17-34-3)23-9-7-16-32(20-23)25(19-31-2)18-22-11-13-24(29)14-12-22/h6,8,10,22-25,31,33H,4-5,7,9,11-20H2,1-3H3/t22?,23-,24?,25?,28+/m1/s1. The van der Waals surface area contributed by atoms with Crippen molar-refractivity contribution in [1.82, 2.24) is 10.2 Å². The Labute approximate surface area is 205 Å². The molecule has 2 fully saturated rings. The van der Waals surface area contributed by atoms with Crippen molar-refractivity contribution in [3.05, 3.63) is 35.1 Å². The first-order valence-corrected chi connectivity index (χ1v) is 13.4. The lowest BCUT2D eigenvalue weighted by Gasteiger charge is -2.46. The van der Waals surface area contributed by atoms with Crippen LogP contribution in [-0.4, -0.2) is 62.6 Å². The number of ether oxygens (including phenoxy) is 1. The van der Waals surface area contributed by atoms with Gasteiger partial charge in [0.05, 0.1) is 5.60 Å². The summed E-state index contributed by atoms with van der Waals surface area (Å²) in [7, 11) is 3.68. The molecule has 6 heteroatoms. The molecule has 1 aromatic rings. The number of alkyl halides is 1. The lowest BCUT2D eigenvalue weighted by Crippen LogP contribution is -2.52. The second kappa shape index (κ2) is 13.3. The van der Waals surface area contributed by atoms with Crippen molar-refractivity contribution >= 4 is 0 Å². The van der Waals surface area contributed by atoms with Gasteiger partial charge < -0.3 is 15.2 Å². The highest BCUT2D eigenvalue weighted by Gasteiger charge is 2.43. The van der Waals surface area contributed by atoms with E-state index < -0.39 is 11.8 Å². The highest BCUT2D eigenvalue weighted by molar-refractivity contribution is 5.31. The van der Waals surface area contributed by atoms with E-state index in [-0.39, 0.29) is 11.7 Å². The molecule has 1 aliphatic heterocycles. The summed E-state index contributed by atoms with van der Waals surface area (Å²) in [5, 5.41) is 15.5. The molecule has 1 unspecified atom stereocenters. The number of aryl methyl sites for hydroxylation is 1. The van der Waals surface area contributed by atoms with E-state index in [0.717, 1.165) is 64.6 Å². The number of aliphatic hydroxyl groups is 1. The largest absolute Gasteiger partial charge is 0.385 e. The number of unbranched alkanes of at least 4 members (excludes halogenated alkanes) is 1. The van der Waals surface area contributed by atoms with Crippen molar-refractivity contribution in [3.8, 4) is 0 Å². The van der Waals surface area contributed by atoms with E-state index in [0.29, 0.717) is 49.0 Å². The number of rotatable bonds is 12. The molecule has 2 N–H and O–H groups in total. The maximum Gasteiger partial charge on any atom is 0.132 e. The Morgan fingerprint density at radius 3 is 2.68 bits per heavy atom. The van der Waals surface area contributed by atoms with Gasteiger partial charge in [0.15, 0.2) is 0 Å². The van der Waals surface area contributed by atoms with Gasteiger partial charge in [-0.2, -0.15) is 0 Å². The minimum atomic E-state index is -1.20. The maximum atomic E-state index is 15.3. The van der Waals surface area contributed by atoms with E-state index in [4.69, 9.17) is 4.74 Å². The molecule has 0 bridgehead atoms. The zero-order valence-electron chi connectivity index (χ0n) is 21.5. The summed E-state index contributed by atoms with van der Waals surface area (Å²) in [4.78, 5) is 2.51. The lowest BCUT2D eigenvalue weighted by molar-refractivity contribution is -0.0713. The monoisotopic (exact) mass is 480 g/mol. The van der Waals surface area contributed by atoms with Gasteiger partial charge in [0.2, 0.25) is 0 Å². The van der Waals surface area contributed by atoms with Crippen LogP contribution in [0.2, 0.25) is 0 Å². The average Bonchev–Trinajstić information content (AvgIpc) is 2.84. The van der Waals surface area contributed by atoms with Gasteiger partial charge in [-0.1, -0.05) is 18.2 Å². The molecular formula is C28H46F2N2O2. The Hall–Kier alpha value is -1.08. The van der Waals surface area contributed by atoms with Crippen molar-refractivity contribution < 1.29 is 18.6 Å². The molecule has 1 aliphatic carbocycles. The van der Waals surface area contributed by atoms with E-state index in [1.807, 2.05) is 13.1 Å². The van der Waals surface area contributed by atoms with Crippen LogP contribution in [-0.2, 0) is 10.3 Å². The molecule has 0 aromatic heterocycles. The van der Waals surface area contributed by atoms with Crippen LogP contribution in [0.3, 0.4) is 0 Å². The number of benzene rings is 1. The van der Waals surface area contributed by atoms with Gasteiger partial charge in [-0.15, -0.1) is 0 Å². The molecule has 2 aliphatic rings. The van der Waals surface area contributed by atoms with Crippen LogP contribution in [0.5, 0.6) is 0 Å². The third-order valence-electron chi connectivity index (χ3n) is 8.28. The fraction of sp³-hybridized carbons (Fsp3) is 0.786. The maximum absolute atomic E-state index is 15.3. The molecule has 3 rings (SSSR count). The first-order chi connectivity index (χ1) is 16.4. The van der Waals surface area contributed by atoms with E-state index in [2.05, 4.69) is 10.2 Å². The number of likely N-dealkylation sites (tertiary alicyclic amines) is 1. The van der Waals surface area contributed by atoms with Gasteiger partial charge >= 0.3 is 0 Å². The SMILES string of the molecule is CNCC(CC1CCC(F)CC1)N1CCC[C@@H]([C@@](O)(CCCCOC)c2cccc(C)c2F)C1. The molecular weight excluding hydrogens is 434 g/mol. The summed E-state index contributed by atoms with van der Waals surface area (Å²) in [5.74, 6) is 0.262. The zero-order chi connectivity index (χ0) is 24.6. The van der Waals surface area contributed by atoms with Crippen LogP contribution < -0.4 is 5.32 Å². The van der Waals surface area contributed by atoms with Crippen molar-refractivity contribution in [2.24, 2.45) is 11.8 Å². The summed E-state index contributed by atoms with van der Waals surface area (Å²) >= 11 is 0. The first-order valence-electron chi connectivity index (χ1n) is 13.4. The number of hydrogen-bond acceptors (Lipinski definition) is 4. The summed E-state index contributed by atoms with van der Waals surface area (Å²) in [6.07, 6.45) is 7.81. The molecule has 0 radical (unpaired) electrons. The van der Waals surface area contributed by atoms with Crippen molar-refractivity contribution in [2.45, 2.75) is 88.9 Å². The molecule has 3 atom stereocenters. The van der Waals surface area contributed by atoms with Gasteiger partial charge in [0, 0.05) is 44.3 Å². The Kier molecular flexibility index (Phi) is 10.8. The molecule has 1 aromatic carbocycles. The third kappa shape index (κ3) is 6.99. The van der Waals surface area contributed by atoms with Crippen LogP contribution in [0.15, 0.2) is 18.2 Å². The van der Waals surface area contributed by atoms with E-state index in [1.54, 1.807) is 26.2 Å². The minimum absolute atomic E-state index is 0.0268. The summed E-state index contributed by atoms with van der Waals surface area (Å²) < 4.78 is 34.2. The van der Waals surface area contributed by atoms with Crippen LogP contribution in [0.4, 0.5) is 8.78 Å². The van der Waals surface area contributed by atoms with Crippen LogP contribution >= 0.6 is 0 Å². The smallest absolute Gasteiger partial charge is 0.132 e. The van der Waals surface area contributed by atoms with Gasteiger partial charge in [-0.25, -0.2) is 8.78 Å². The quantitative estimate of drug-likeness (QED) is 0.396. The van der Waals surface area contributed by atoms with Crippen LogP contribution in [0, 0.1) is 24.6 Å². The topological polar surface area (TPSA) is 44.7 Å². The summed E-state index contributed by atoms with van der Waals surface area (Å²) in [6.45, 7) is 5.06. The van der Waals surface area contributed by atoms with E-state index in [1.165, 1.54) is 0 Å². The number of piperidine rings is 1. The normalized spacial score (nSPS) is 26.8. The number of methoxy groups -OCH3 is 1. The molecule has 194 valence electrons. The number of hydrogen-bond donors (Lipinski definition) is 2. The Morgan fingerprint density at radius 2 is 1.97 bits per heavy atom. The minimum Gasteiger partial charge on any atom is -0.385 e. The second-order valence-electron chi connectivity index (χ2n) is 10.7. The molecule has 1 saturated heterocycles. The van der Waals surface area contributed by atoms with Crippen LogP contribution in [0.1, 0.15) is 75.3 Å². The van der Waals surface area contributed by atoms with Gasteiger partial charge in [0.1, 0.15) is 12.0 Å². The van der Waals surface area contributed by atoms with E-state index >= 15 is 4.39 Å². The average molecular weight is 481 g/mol. The van der Waals surface area contributed by atoms with Gasteiger partial charge in [-0.3, -0.25) is 4.90 Å². The lowest BCUT2D eigenvalue weighted by atomic mass is 9.73. The van der Waals surface area contributed by atoms with Crippen molar-refractivity contribution in [3.63, 3.8) is 0 Å².